The third-order valence-electron chi connectivity index (χ3n) is 4.66. The maximum atomic E-state index is 12.8. The number of carbonyl (C=O) groups is 1. The maximum absolute atomic E-state index is 12.8. The van der Waals surface area contributed by atoms with Crippen LogP contribution in [0.15, 0.2) is 42.7 Å². The standard InChI is InChI=1S/C18H24N4O3S/c1-15-19-8-10-21(15)11-9-20-18(23)22(13-16-5-3-2-4-6-16)17-7-12-26(24,25)14-17/h2-6,8,10,17H,7,9,11-14H2,1H3,(H,20,23)/t17-/m1/s1. The number of urea groups is 1. The number of imidazole rings is 1. The molecule has 7 nitrogen and oxygen atoms in total. The molecular formula is C18H24N4O3S. The summed E-state index contributed by atoms with van der Waals surface area (Å²) in [4.78, 5) is 18.6. The Balaban J connectivity index is 1.65. The fourth-order valence-corrected chi connectivity index (χ4v) is 4.92. The van der Waals surface area contributed by atoms with Crippen LogP contribution in [0.2, 0.25) is 0 Å². The minimum absolute atomic E-state index is 0.0356. The highest BCUT2D eigenvalue weighted by atomic mass is 32.2. The zero-order valence-electron chi connectivity index (χ0n) is 14.8. The van der Waals surface area contributed by atoms with E-state index in [1.807, 2.05) is 48.0 Å². The Morgan fingerprint density at radius 2 is 2.12 bits per heavy atom. The molecule has 1 fully saturated rings. The number of rotatable bonds is 6. The molecule has 1 aromatic heterocycles. The summed E-state index contributed by atoms with van der Waals surface area (Å²) in [5, 5.41) is 2.92. The second-order valence-corrected chi connectivity index (χ2v) is 8.80. The fraction of sp³-hybridized carbons (Fsp3) is 0.444. The smallest absolute Gasteiger partial charge is 0.318 e. The summed E-state index contributed by atoms with van der Waals surface area (Å²) in [6.45, 7) is 3.39. The monoisotopic (exact) mass is 376 g/mol. The fourth-order valence-electron chi connectivity index (χ4n) is 3.19. The van der Waals surface area contributed by atoms with Crippen LogP contribution >= 0.6 is 0 Å². The molecule has 1 aliphatic heterocycles. The molecular weight excluding hydrogens is 352 g/mol. The minimum atomic E-state index is -3.06. The molecule has 1 N–H and O–H groups in total. The van der Waals surface area contributed by atoms with Gasteiger partial charge in [-0.3, -0.25) is 0 Å². The molecule has 0 aliphatic carbocycles. The summed E-state index contributed by atoms with van der Waals surface area (Å²) in [6.07, 6.45) is 4.08. The molecule has 0 unspecified atom stereocenters. The van der Waals surface area contributed by atoms with Crippen molar-refractivity contribution in [3.63, 3.8) is 0 Å². The molecule has 0 radical (unpaired) electrons. The lowest BCUT2D eigenvalue weighted by Gasteiger charge is -2.28. The number of aromatic nitrogens is 2. The Labute approximate surface area is 154 Å². The van der Waals surface area contributed by atoms with E-state index in [0.29, 0.717) is 26.1 Å². The first-order valence-corrected chi connectivity index (χ1v) is 10.5. The quantitative estimate of drug-likeness (QED) is 0.830. The van der Waals surface area contributed by atoms with E-state index in [-0.39, 0.29) is 23.6 Å². The summed E-state index contributed by atoms with van der Waals surface area (Å²) in [5.41, 5.74) is 0.984. The van der Waals surface area contributed by atoms with Gasteiger partial charge in [0.1, 0.15) is 5.82 Å². The molecule has 0 saturated carbocycles. The van der Waals surface area contributed by atoms with Crippen LogP contribution in [0.1, 0.15) is 17.8 Å². The number of aryl methyl sites for hydroxylation is 1. The molecule has 26 heavy (non-hydrogen) atoms. The van der Waals surface area contributed by atoms with Crippen molar-refractivity contribution in [1.82, 2.24) is 19.8 Å². The van der Waals surface area contributed by atoms with Gasteiger partial charge in [-0.25, -0.2) is 18.2 Å². The SMILES string of the molecule is Cc1nccn1CCNC(=O)N(Cc1ccccc1)[C@@H]1CCS(=O)(=O)C1. The van der Waals surface area contributed by atoms with E-state index in [1.54, 1.807) is 11.1 Å². The van der Waals surface area contributed by atoms with Crippen molar-refractivity contribution in [2.45, 2.75) is 32.5 Å². The highest BCUT2D eigenvalue weighted by Gasteiger charge is 2.34. The van der Waals surface area contributed by atoms with Crippen LogP contribution in [-0.4, -0.2) is 53.0 Å². The van der Waals surface area contributed by atoms with E-state index >= 15 is 0 Å². The average molecular weight is 376 g/mol. The predicted octanol–water partition coefficient (Wildman–Crippen LogP) is 1.59. The number of nitrogens with zero attached hydrogens (tertiary/aromatic N) is 3. The minimum Gasteiger partial charge on any atom is -0.336 e. The zero-order chi connectivity index (χ0) is 18.6. The molecule has 2 heterocycles. The number of hydrogen-bond donors (Lipinski definition) is 1. The van der Waals surface area contributed by atoms with Crippen molar-refractivity contribution in [2.75, 3.05) is 18.1 Å². The van der Waals surface area contributed by atoms with Gasteiger partial charge in [-0.15, -0.1) is 0 Å². The molecule has 3 rings (SSSR count). The van der Waals surface area contributed by atoms with Crippen molar-refractivity contribution < 1.29 is 13.2 Å². The molecule has 1 aliphatic rings. The van der Waals surface area contributed by atoms with Gasteiger partial charge >= 0.3 is 6.03 Å². The molecule has 1 saturated heterocycles. The van der Waals surface area contributed by atoms with Crippen molar-refractivity contribution in [1.29, 1.82) is 0 Å². The van der Waals surface area contributed by atoms with Gasteiger partial charge < -0.3 is 14.8 Å². The van der Waals surface area contributed by atoms with Crippen molar-refractivity contribution >= 4 is 15.9 Å². The van der Waals surface area contributed by atoms with E-state index in [1.165, 1.54) is 0 Å². The Bertz CT molecular complexity index is 848. The highest BCUT2D eigenvalue weighted by molar-refractivity contribution is 7.91. The first-order chi connectivity index (χ1) is 12.4. The van der Waals surface area contributed by atoms with Gasteiger partial charge in [0.2, 0.25) is 0 Å². The molecule has 0 bridgehead atoms. The van der Waals surface area contributed by atoms with Gasteiger partial charge in [0.05, 0.1) is 11.5 Å². The molecule has 2 amide bonds. The van der Waals surface area contributed by atoms with Crippen LogP contribution in [0, 0.1) is 6.92 Å². The second-order valence-electron chi connectivity index (χ2n) is 6.57. The van der Waals surface area contributed by atoms with Crippen molar-refractivity contribution in [3.05, 3.63) is 54.1 Å². The van der Waals surface area contributed by atoms with Crippen LogP contribution in [0.4, 0.5) is 4.79 Å². The van der Waals surface area contributed by atoms with Crippen LogP contribution in [0.5, 0.6) is 0 Å². The summed E-state index contributed by atoms with van der Waals surface area (Å²) in [6, 6.07) is 9.12. The van der Waals surface area contributed by atoms with Gasteiger partial charge in [0.25, 0.3) is 0 Å². The maximum Gasteiger partial charge on any atom is 0.318 e. The Hall–Kier alpha value is -2.35. The third-order valence-corrected chi connectivity index (χ3v) is 6.41. The van der Waals surface area contributed by atoms with Gasteiger partial charge in [-0.2, -0.15) is 0 Å². The van der Waals surface area contributed by atoms with Crippen LogP contribution in [0.3, 0.4) is 0 Å². The largest absolute Gasteiger partial charge is 0.336 e. The number of benzene rings is 1. The normalized spacial score (nSPS) is 18.6. The zero-order valence-corrected chi connectivity index (χ0v) is 15.7. The average Bonchev–Trinajstić information content (AvgIpc) is 3.18. The summed E-state index contributed by atoms with van der Waals surface area (Å²) >= 11 is 0. The van der Waals surface area contributed by atoms with Gasteiger partial charge in [0.15, 0.2) is 9.84 Å². The van der Waals surface area contributed by atoms with Crippen molar-refractivity contribution in [3.8, 4) is 0 Å². The van der Waals surface area contributed by atoms with E-state index in [9.17, 15) is 13.2 Å². The Kier molecular flexibility index (Phi) is 5.61. The van der Waals surface area contributed by atoms with E-state index in [2.05, 4.69) is 10.3 Å². The number of nitrogens with one attached hydrogen (secondary N) is 1. The molecule has 1 aromatic carbocycles. The molecule has 0 spiro atoms. The molecule has 2 aromatic rings. The first-order valence-electron chi connectivity index (χ1n) is 8.71. The molecule has 1 atom stereocenters. The summed E-state index contributed by atoms with van der Waals surface area (Å²) < 4.78 is 25.7. The lowest BCUT2D eigenvalue weighted by molar-refractivity contribution is 0.176. The van der Waals surface area contributed by atoms with Crippen molar-refractivity contribution in [2.24, 2.45) is 0 Å². The van der Waals surface area contributed by atoms with Crippen LogP contribution in [-0.2, 0) is 22.9 Å². The van der Waals surface area contributed by atoms with E-state index < -0.39 is 9.84 Å². The third kappa shape index (κ3) is 4.63. The van der Waals surface area contributed by atoms with Crippen LogP contribution < -0.4 is 5.32 Å². The molecule has 8 heteroatoms. The van der Waals surface area contributed by atoms with Gasteiger partial charge in [-0.05, 0) is 18.9 Å². The number of hydrogen-bond acceptors (Lipinski definition) is 4. The Morgan fingerprint density at radius 1 is 1.35 bits per heavy atom. The van der Waals surface area contributed by atoms with E-state index in [0.717, 1.165) is 11.4 Å². The van der Waals surface area contributed by atoms with Crippen LogP contribution in [0.25, 0.3) is 0 Å². The van der Waals surface area contributed by atoms with Gasteiger partial charge in [-0.1, -0.05) is 30.3 Å². The lowest BCUT2D eigenvalue weighted by atomic mass is 10.1. The number of carbonyl (C=O) groups excluding carboxylic acids is 1. The van der Waals surface area contributed by atoms with Gasteiger partial charge in [0, 0.05) is 38.1 Å². The Morgan fingerprint density at radius 3 is 2.73 bits per heavy atom. The highest BCUT2D eigenvalue weighted by Crippen LogP contribution is 2.20. The topological polar surface area (TPSA) is 84.3 Å². The summed E-state index contributed by atoms with van der Waals surface area (Å²) in [7, 11) is -3.06. The first kappa shape index (κ1) is 18.4. The van der Waals surface area contributed by atoms with E-state index in [4.69, 9.17) is 0 Å². The summed E-state index contributed by atoms with van der Waals surface area (Å²) in [5.74, 6) is 1.07. The number of amides is 2. The lowest BCUT2D eigenvalue weighted by Crippen LogP contribution is -2.47. The number of sulfone groups is 1. The predicted molar refractivity (Wildman–Crippen MR) is 99.4 cm³/mol. The second kappa shape index (κ2) is 7.90. The molecule has 140 valence electrons.